The quantitative estimate of drug-likeness (QED) is 0.290. The number of rotatable bonds is 6. The summed E-state index contributed by atoms with van der Waals surface area (Å²) < 4.78 is 0. The molecule has 1 amide bonds. The van der Waals surface area contributed by atoms with Gasteiger partial charge in [-0.2, -0.15) is 0 Å². The summed E-state index contributed by atoms with van der Waals surface area (Å²) in [6.07, 6.45) is 1.33. The van der Waals surface area contributed by atoms with Crippen LogP contribution in [0.4, 0.5) is 5.69 Å². The molecule has 1 aliphatic heterocycles. The number of benzene rings is 1. The predicted octanol–water partition coefficient (Wildman–Crippen LogP) is 4.28. The minimum absolute atomic E-state index is 0. The van der Waals surface area contributed by atoms with Gasteiger partial charge in [-0.25, -0.2) is 4.98 Å². The van der Waals surface area contributed by atoms with Crippen LogP contribution < -0.4 is 16.0 Å². The number of anilines is 1. The highest BCUT2D eigenvalue weighted by Crippen LogP contribution is 2.32. The number of fused-ring (bicyclic) bond motifs is 1. The lowest BCUT2D eigenvalue weighted by Crippen LogP contribution is -2.38. The SMILES string of the molecule is CCNC(=NCC1CC(=O)Nc2ccccc21)NCCc1nc(C(C)(C)C)cs1.I. The number of nitrogens with one attached hydrogen (secondary N) is 3. The maximum Gasteiger partial charge on any atom is 0.225 e. The lowest BCUT2D eigenvalue weighted by molar-refractivity contribution is -0.116. The van der Waals surface area contributed by atoms with Crippen molar-refractivity contribution in [1.82, 2.24) is 15.6 Å². The second kappa shape index (κ2) is 11.1. The summed E-state index contributed by atoms with van der Waals surface area (Å²) in [6.45, 7) is 10.7. The van der Waals surface area contributed by atoms with Crippen molar-refractivity contribution >= 4 is 52.9 Å². The van der Waals surface area contributed by atoms with Crippen LogP contribution in [0.2, 0.25) is 0 Å². The lowest BCUT2D eigenvalue weighted by atomic mass is 9.91. The molecule has 1 aliphatic rings. The zero-order chi connectivity index (χ0) is 20.9. The molecule has 2 heterocycles. The molecule has 1 unspecified atom stereocenters. The van der Waals surface area contributed by atoms with Crippen LogP contribution in [0.5, 0.6) is 0 Å². The second-order valence-corrected chi connectivity index (χ2v) is 9.25. The first-order chi connectivity index (χ1) is 13.9. The molecule has 1 aromatic carbocycles. The molecule has 0 saturated heterocycles. The molecule has 2 aromatic rings. The van der Waals surface area contributed by atoms with Crippen LogP contribution in [0.1, 0.15) is 56.3 Å². The number of aliphatic imine (C=N–C) groups is 1. The molecule has 164 valence electrons. The van der Waals surface area contributed by atoms with Gasteiger partial charge in [-0.3, -0.25) is 9.79 Å². The molecule has 0 fully saturated rings. The van der Waals surface area contributed by atoms with Crippen molar-refractivity contribution in [2.75, 3.05) is 25.0 Å². The number of aromatic nitrogens is 1. The van der Waals surface area contributed by atoms with Crippen molar-refractivity contribution < 1.29 is 4.79 Å². The molecule has 3 N–H and O–H groups in total. The Labute approximate surface area is 200 Å². The molecule has 0 aliphatic carbocycles. The average molecular weight is 542 g/mol. The van der Waals surface area contributed by atoms with Crippen LogP contribution in [0.15, 0.2) is 34.6 Å². The van der Waals surface area contributed by atoms with Gasteiger partial charge in [0.05, 0.1) is 17.2 Å². The summed E-state index contributed by atoms with van der Waals surface area (Å²) in [7, 11) is 0. The molecule has 3 rings (SSSR count). The second-order valence-electron chi connectivity index (χ2n) is 8.31. The Balaban J connectivity index is 0.00000320. The summed E-state index contributed by atoms with van der Waals surface area (Å²) in [5.41, 5.74) is 3.29. The molecule has 0 radical (unpaired) electrons. The maximum atomic E-state index is 12.0. The number of hydrogen-bond donors (Lipinski definition) is 3. The van der Waals surface area contributed by atoms with E-state index >= 15 is 0 Å². The molecule has 1 aromatic heterocycles. The normalized spacial score (nSPS) is 16.3. The Bertz CT molecular complexity index is 874. The topological polar surface area (TPSA) is 78.4 Å². The van der Waals surface area contributed by atoms with Gasteiger partial charge >= 0.3 is 0 Å². The van der Waals surface area contributed by atoms with Crippen LogP contribution in [0.25, 0.3) is 0 Å². The minimum atomic E-state index is 0. The summed E-state index contributed by atoms with van der Waals surface area (Å²) >= 11 is 1.71. The molecule has 30 heavy (non-hydrogen) atoms. The van der Waals surface area contributed by atoms with Crippen LogP contribution in [0, 0.1) is 0 Å². The van der Waals surface area contributed by atoms with Gasteiger partial charge in [0.2, 0.25) is 5.91 Å². The van der Waals surface area contributed by atoms with Crippen molar-refractivity contribution in [1.29, 1.82) is 0 Å². The van der Waals surface area contributed by atoms with Gasteiger partial charge in [-0.15, -0.1) is 35.3 Å². The van der Waals surface area contributed by atoms with E-state index in [9.17, 15) is 4.79 Å². The molecule has 6 nitrogen and oxygen atoms in total. The number of para-hydroxylation sites is 1. The van der Waals surface area contributed by atoms with Crippen LogP contribution >= 0.6 is 35.3 Å². The maximum absolute atomic E-state index is 12.0. The molecule has 0 spiro atoms. The van der Waals surface area contributed by atoms with Gasteiger partial charge < -0.3 is 16.0 Å². The Morgan fingerprint density at radius 3 is 2.77 bits per heavy atom. The first-order valence-electron chi connectivity index (χ1n) is 10.2. The van der Waals surface area contributed by atoms with E-state index in [1.165, 1.54) is 0 Å². The monoisotopic (exact) mass is 541 g/mol. The summed E-state index contributed by atoms with van der Waals surface area (Å²) in [5.74, 6) is 0.938. The number of thiazole rings is 1. The highest BCUT2D eigenvalue weighted by Gasteiger charge is 2.24. The number of hydrogen-bond acceptors (Lipinski definition) is 4. The molecule has 0 saturated carbocycles. The third-order valence-corrected chi connectivity index (χ3v) is 5.78. The zero-order valence-corrected chi connectivity index (χ0v) is 21.3. The van der Waals surface area contributed by atoms with E-state index in [2.05, 4.69) is 55.1 Å². The van der Waals surface area contributed by atoms with E-state index in [-0.39, 0.29) is 41.2 Å². The van der Waals surface area contributed by atoms with Crippen LogP contribution in [-0.2, 0) is 16.6 Å². The predicted molar refractivity (Wildman–Crippen MR) is 136 cm³/mol. The Kier molecular flexibility index (Phi) is 9.09. The summed E-state index contributed by atoms with van der Waals surface area (Å²) in [6, 6.07) is 7.98. The van der Waals surface area contributed by atoms with Crippen LogP contribution in [0.3, 0.4) is 0 Å². The van der Waals surface area contributed by atoms with E-state index in [4.69, 9.17) is 9.98 Å². The Morgan fingerprint density at radius 2 is 2.07 bits per heavy atom. The minimum Gasteiger partial charge on any atom is -0.357 e. The van der Waals surface area contributed by atoms with E-state index in [0.717, 1.165) is 47.4 Å². The number of halogens is 1. The number of amides is 1. The smallest absolute Gasteiger partial charge is 0.225 e. The number of carbonyl (C=O) groups excluding carboxylic acids is 1. The fraction of sp³-hybridized carbons (Fsp3) is 0.500. The van der Waals surface area contributed by atoms with Gasteiger partial charge in [0.1, 0.15) is 0 Å². The largest absolute Gasteiger partial charge is 0.357 e. The molecule has 1 atom stereocenters. The average Bonchev–Trinajstić information content (AvgIpc) is 3.15. The van der Waals surface area contributed by atoms with E-state index in [1.807, 2.05) is 18.2 Å². The number of carbonyl (C=O) groups is 1. The van der Waals surface area contributed by atoms with Crippen molar-refractivity contribution in [2.45, 2.75) is 51.9 Å². The third-order valence-electron chi connectivity index (χ3n) is 4.87. The van der Waals surface area contributed by atoms with E-state index < -0.39 is 0 Å². The molecule has 8 heteroatoms. The molecule has 0 bridgehead atoms. The Morgan fingerprint density at radius 1 is 1.30 bits per heavy atom. The van der Waals surface area contributed by atoms with E-state index in [0.29, 0.717) is 13.0 Å². The summed E-state index contributed by atoms with van der Waals surface area (Å²) in [5, 5.41) is 12.9. The first-order valence-corrected chi connectivity index (χ1v) is 11.1. The molecular weight excluding hydrogens is 509 g/mol. The van der Waals surface area contributed by atoms with Gasteiger partial charge in [-0.1, -0.05) is 39.0 Å². The van der Waals surface area contributed by atoms with Gasteiger partial charge in [-0.05, 0) is 18.6 Å². The highest BCUT2D eigenvalue weighted by molar-refractivity contribution is 14.0. The lowest BCUT2D eigenvalue weighted by Gasteiger charge is -2.24. The van der Waals surface area contributed by atoms with Crippen molar-refractivity contribution in [3.63, 3.8) is 0 Å². The Hall–Kier alpha value is -1.68. The standard InChI is InChI=1S/C22H31N5OS.HI/c1-5-23-21(24-11-10-20-27-18(14-29-20)22(2,3)4)25-13-15-12-19(28)26-17-9-7-6-8-16(15)17;/h6-9,14-15H,5,10-13H2,1-4H3,(H,26,28)(H2,23,24,25);1H. The fourth-order valence-corrected chi connectivity index (χ4v) is 4.29. The fourth-order valence-electron chi connectivity index (χ4n) is 3.27. The molecular formula is C22H32IN5OS. The zero-order valence-electron chi connectivity index (χ0n) is 18.1. The number of guanidine groups is 1. The highest BCUT2D eigenvalue weighted by atomic mass is 127. The number of nitrogens with zero attached hydrogens (tertiary/aromatic N) is 2. The van der Waals surface area contributed by atoms with Crippen molar-refractivity contribution in [3.05, 3.63) is 45.9 Å². The van der Waals surface area contributed by atoms with E-state index in [1.54, 1.807) is 11.3 Å². The van der Waals surface area contributed by atoms with Gasteiger partial charge in [0, 0.05) is 48.3 Å². The van der Waals surface area contributed by atoms with Crippen LogP contribution in [-0.4, -0.2) is 36.5 Å². The van der Waals surface area contributed by atoms with Gasteiger partial charge in [0.15, 0.2) is 5.96 Å². The third kappa shape index (κ3) is 6.66. The van der Waals surface area contributed by atoms with Gasteiger partial charge in [0.25, 0.3) is 0 Å². The van der Waals surface area contributed by atoms with Crippen molar-refractivity contribution in [3.8, 4) is 0 Å². The first kappa shape index (κ1) is 24.6. The van der Waals surface area contributed by atoms with Crippen molar-refractivity contribution in [2.24, 2.45) is 4.99 Å². The summed E-state index contributed by atoms with van der Waals surface area (Å²) in [4.78, 5) is 21.5.